The lowest BCUT2D eigenvalue weighted by Crippen LogP contribution is -2.16. The maximum atomic E-state index is 12.9. The van der Waals surface area contributed by atoms with Crippen LogP contribution in [0, 0.1) is 0 Å². The standard InChI is InChI=1S/C23H19N3O4S2/c1-28-18-6-3-2-5-16(18)26-22(21-7-4-12-31-21)24-25-23(26)32-14-17(27)15-8-9-19-20(13-15)30-11-10-29-19/h2-9,12-13H,10-11,14H2,1H3. The molecule has 7 nitrogen and oxygen atoms in total. The van der Waals surface area contributed by atoms with Gasteiger partial charge >= 0.3 is 0 Å². The minimum absolute atomic E-state index is 0.0285. The van der Waals surface area contributed by atoms with E-state index < -0.39 is 0 Å². The quantitative estimate of drug-likeness (QED) is 0.288. The number of thiophene rings is 1. The average molecular weight is 466 g/mol. The Morgan fingerprint density at radius 2 is 1.94 bits per heavy atom. The lowest BCUT2D eigenvalue weighted by molar-refractivity contribution is 0.102. The maximum Gasteiger partial charge on any atom is 0.196 e. The highest BCUT2D eigenvalue weighted by Crippen LogP contribution is 2.35. The Hall–Kier alpha value is -3.30. The Bertz CT molecular complexity index is 1250. The van der Waals surface area contributed by atoms with E-state index in [0.29, 0.717) is 47.0 Å². The number of hydrogen-bond acceptors (Lipinski definition) is 8. The van der Waals surface area contributed by atoms with E-state index in [1.54, 1.807) is 36.6 Å². The monoisotopic (exact) mass is 465 g/mol. The van der Waals surface area contributed by atoms with Gasteiger partial charge in [0.2, 0.25) is 0 Å². The summed E-state index contributed by atoms with van der Waals surface area (Å²) in [6.07, 6.45) is 0. The Labute approximate surface area is 193 Å². The normalized spacial score (nSPS) is 12.5. The SMILES string of the molecule is COc1ccccc1-n1c(SCC(=O)c2ccc3c(c2)OCCO3)nnc1-c1cccs1. The van der Waals surface area contributed by atoms with Gasteiger partial charge in [0.1, 0.15) is 19.0 Å². The topological polar surface area (TPSA) is 75.5 Å². The van der Waals surface area contributed by atoms with Crippen LogP contribution in [0.5, 0.6) is 17.2 Å². The van der Waals surface area contributed by atoms with Gasteiger partial charge in [0.05, 0.1) is 23.4 Å². The second kappa shape index (κ2) is 9.05. The van der Waals surface area contributed by atoms with Gasteiger partial charge in [0, 0.05) is 5.56 Å². The number of rotatable bonds is 7. The van der Waals surface area contributed by atoms with Crippen molar-refractivity contribution in [1.82, 2.24) is 14.8 Å². The first-order valence-electron chi connectivity index (χ1n) is 9.93. The summed E-state index contributed by atoms with van der Waals surface area (Å²) in [4.78, 5) is 13.9. The molecule has 162 valence electrons. The van der Waals surface area contributed by atoms with E-state index in [2.05, 4.69) is 10.2 Å². The number of Topliss-reactive ketones (excluding diaryl/α,β-unsaturated/α-hetero) is 1. The van der Waals surface area contributed by atoms with Crippen LogP contribution in [-0.2, 0) is 0 Å². The molecule has 4 aromatic rings. The van der Waals surface area contributed by atoms with Gasteiger partial charge in [0.15, 0.2) is 28.3 Å². The first-order valence-corrected chi connectivity index (χ1v) is 11.8. The van der Waals surface area contributed by atoms with E-state index in [-0.39, 0.29) is 11.5 Å². The van der Waals surface area contributed by atoms with Gasteiger partial charge in [-0.3, -0.25) is 9.36 Å². The Morgan fingerprint density at radius 3 is 2.75 bits per heavy atom. The predicted molar refractivity (Wildman–Crippen MR) is 124 cm³/mol. The van der Waals surface area contributed by atoms with Gasteiger partial charge in [-0.25, -0.2) is 0 Å². The highest BCUT2D eigenvalue weighted by atomic mass is 32.2. The average Bonchev–Trinajstić information content (AvgIpc) is 3.52. The molecule has 0 unspecified atom stereocenters. The zero-order chi connectivity index (χ0) is 21.9. The van der Waals surface area contributed by atoms with Gasteiger partial charge in [0.25, 0.3) is 0 Å². The number of nitrogens with zero attached hydrogens (tertiary/aromatic N) is 3. The predicted octanol–water partition coefficient (Wildman–Crippen LogP) is 4.75. The number of carbonyl (C=O) groups is 1. The van der Waals surface area contributed by atoms with E-state index >= 15 is 0 Å². The Balaban J connectivity index is 1.45. The summed E-state index contributed by atoms with van der Waals surface area (Å²) >= 11 is 2.92. The number of para-hydroxylation sites is 2. The van der Waals surface area contributed by atoms with E-state index in [1.165, 1.54) is 11.8 Å². The highest BCUT2D eigenvalue weighted by Gasteiger charge is 2.21. The van der Waals surface area contributed by atoms with Crippen molar-refractivity contribution in [3.63, 3.8) is 0 Å². The van der Waals surface area contributed by atoms with Crippen molar-refractivity contribution in [2.75, 3.05) is 26.1 Å². The van der Waals surface area contributed by atoms with Crippen molar-refractivity contribution in [3.8, 4) is 33.6 Å². The molecule has 2 aromatic heterocycles. The van der Waals surface area contributed by atoms with Crippen LogP contribution in [0.3, 0.4) is 0 Å². The van der Waals surface area contributed by atoms with Crippen LogP contribution >= 0.6 is 23.1 Å². The molecule has 0 aliphatic carbocycles. The summed E-state index contributed by atoms with van der Waals surface area (Å²) in [5.41, 5.74) is 1.39. The number of fused-ring (bicyclic) bond motifs is 1. The second-order valence-corrected chi connectivity index (χ2v) is 8.75. The summed E-state index contributed by atoms with van der Waals surface area (Å²) in [5, 5.41) is 11.4. The molecule has 1 aliphatic heterocycles. The van der Waals surface area contributed by atoms with Crippen molar-refractivity contribution in [2.24, 2.45) is 0 Å². The fraction of sp³-hybridized carbons (Fsp3) is 0.174. The number of benzene rings is 2. The molecule has 0 atom stereocenters. The zero-order valence-electron chi connectivity index (χ0n) is 17.2. The Kier molecular flexibility index (Phi) is 5.83. The second-order valence-electron chi connectivity index (χ2n) is 6.86. The van der Waals surface area contributed by atoms with Gasteiger partial charge < -0.3 is 14.2 Å². The fourth-order valence-corrected chi connectivity index (χ4v) is 4.93. The van der Waals surface area contributed by atoms with Crippen LogP contribution in [0.15, 0.2) is 65.1 Å². The molecule has 0 fully saturated rings. The van der Waals surface area contributed by atoms with Gasteiger partial charge in [-0.2, -0.15) is 0 Å². The summed E-state index contributed by atoms with van der Waals surface area (Å²) < 4.78 is 18.6. The molecular weight excluding hydrogens is 446 g/mol. The molecule has 5 rings (SSSR count). The van der Waals surface area contributed by atoms with Crippen molar-refractivity contribution < 1.29 is 19.0 Å². The van der Waals surface area contributed by atoms with Gasteiger partial charge in [-0.15, -0.1) is 21.5 Å². The summed E-state index contributed by atoms with van der Waals surface area (Å²) in [6, 6.07) is 16.9. The third-order valence-electron chi connectivity index (χ3n) is 4.90. The van der Waals surface area contributed by atoms with Crippen LogP contribution in [0.4, 0.5) is 0 Å². The molecule has 0 amide bonds. The van der Waals surface area contributed by atoms with E-state index in [0.717, 1.165) is 10.6 Å². The molecule has 2 aromatic carbocycles. The number of hydrogen-bond donors (Lipinski definition) is 0. The highest BCUT2D eigenvalue weighted by molar-refractivity contribution is 7.99. The van der Waals surface area contributed by atoms with Crippen LogP contribution < -0.4 is 14.2 Å². The first-order chi connectivity index (χ1) is 15.7. The number of carbonyl (C=O) groups excluding carboxylic acids is 1. The molecular formula is C23H19N3O4S2. The van der Waals surface area contributed by atoms with Crippen molar-refractivity contribution in [3.05, 3.63) is 65.5 Å². The molecule has 0 bridgehead atoms. The lowest BCUT2D eigenvalue weighted by Gasteiger charge is -2.18. The first kappa shape index (κ1) is 20.6. The molecule has 0 saturated carbocycles. The van der Waals surface area contributed by atoms with Crippen LogP contribution in [-0.4, -0.2) is 46.6 Å². The molecule has 0 saturated heterocycles. The molecule has 0 radical (unpaired) electrons. The zero-order valence-corrected chi connectivity index (χ0v) is 18.8. The van der Waals surface area contributed by atoms with Crippen LogP contribution in [0.1, 0.15) is 10.4 Å². The molecule has 1 aliphatic rings. The van der Waals surface area contributed by atoms with E-state index in [1.807, 2.05) is 46.3 Å². The number of methoxy groups -OCH3 is 1. The largest absolute Gasteiger partial charge is 0.495 e. The smallest absolute Gasteiger partial charge is 0.196 e. The van der Waals surface area contributed by atoms with Gasteiger partial charge in [-0.05, 0) is 41.8 Å². The summed E-state index contributed by atoms with van der Waals surface area (Å²) in [7, 11) is 1.63. The molecule has 3 heterocycles. The molecule has 0 spiro atoms. The Morgan fingerprint density at radius 1 is 1.09 bits per heavy atom. The third-order valence-corrected chi connectivity index (χ3v) is 6.69. The van der Waals surface area contributed by atoms with E-state index in [9.17, 15) is 4.79 Å². The minimum atomic E-state index is -0.0285. The number of aromatic nitrogens is 3. The molecule has 32 heavy (non-hydrogen) atoms. The maximum absolute atomic E-state index is 12.9. The lowest BCUT2D eigenvalue weighted by atomic mass is 10.1. The van der Waals surface area contributed by atoms with Crippen molar-refractivity contribution >= 4 is 28.9 Å². The van der Waals surface area contributed by atoms with Crippen molar-refractivity contribution in [1.29, 1.82) is 0 Å². The summed E-state index contributed by atoms with van der Waals surface area (Å²) in [6.45, 7) is 0.994. The third kappa shape index (κ3) is 3.96. The number of ether oxygens (including phenoxy) is 3. The minimum Gasteiger partial charge on any atom is -0.495 e. The van der Waals surface area contributed by atoms with Crippen LogP contribution in [0.25, 0.3) is 16.4 Å². The molecule has 0 N–H and O–H groups in total. The fourth-order valence-electron chi connectivity index (χ4n) is 3.39. The summed E-state index contributed by atoms with van der Waals surface area (Å²) in [5.74, 6) is 2.85. The van der Waals surface area contributed by atoms with Crippen LogP contribution in [0.2, 0.25) is 0 Å². The van der Waals surface area contributed by atoms with E-state index in [4.69, 9.17) is 14.2 Å². The number of ketones is 1. The number of thioether (sulfide) groups is 1. The van der Waals surface area contributed by atoms with Crippen molar-refractivity contribution in [2.45, 2.75) is 5.16 Å². The van der Waals surface area contributed by atoms with Gasteiger partial charge in [-0.1, -0.05) is 30.0 Å². The molecule has 9 heteroatoms.